The Morgan fingerprint density at radius 1 is 1.17 bits per heavy atom. The molecule has 0 aliphatic carbocycles. The van der Waals surface area contributed by atoms with Gasteiger partial charge in [0.2, 0.25) is 10.0 Å². The second kappa shape index (κ2) is 6.64. The summed E-state index contributed by atoms with van der Waals surface area (Å²) >= 11 is 0. The van der Waals surface area contributed by atoms with Crippen molar-refractivity contribution in [1.29, 1.82) is 0 Å². The summed E-state index contributed by atoms with van der Waals surface area (Å²) in [5.41, 5.74) is 6.04. The molecule has 0 radical (unpaired) electrons. The van der Waals surface area contributed by atoms with Gasteiger partial charge in [-0.15, -0.1) is 0 Å². The van der Waals surface area contributed by atoms with Crippen LogP contribution in [-0.4, -0.2) is 19.2 Å². The number of amides is 1. The van der Waals surface area contributed by atoms with Crippen LogP contribution in [0.15, 0.2) is 47.4 Å². The zero-order valence-electron chi connectivity index (χ0n) is 12.3. The van der Waals surface area contributed by atoms with Crippen LogP contribution < -0.4 is 16.2 Å². The van der Waals surface area contributed by atoms with Crippen LogP contribution in [0.3, 0.4) is 0 Å². The Morgan fingerprint density at radius 2 is 1.79 bits per heavy atom. The number of hydrogen-bond acceptors (Lipinski definition) is 6. The lowest BCUT2D eigenvalue weighted by Crippen LogP contribution is -2.15. The predicted molar refractivity (Wildman–Crippen MR) is 86.8 cm³/mol. The molecular formula is C14H14N4O5S. The number of anilines is 1. The molecule has 24 heavy (non-hydrogen) atoms. The average Bonchev–Trinajstić information content (AvgIpc) is 2.52. The van der Waals surface area contributed by atoms with Crippen molar-refractivity contribution < 1.29 is 18.1 Å². The zero-order valence-corrected chi connectivity index (χ0v) is 13.1. The minimum atomic E-state index is -3.76. The third-order valence-electron chi connectivity index (χ3n) is 3.21. The SMILES string of the molecule is NC(=O)c1cc([N+](=O)[O-])ccc1NCc1ccc(S(N)(=O)=O)cc1. The molecule has 0 bridgehead atoms. The maximum absolute atomic E-state index is 11.4. The van der Waals surface area contributed by atoms with Crippen molar-refractivity contribution in [2.45, 2.75) is 11.4 Å². The lowest BCUT2D eigenvalue weighted by molar-refractivity contribution is -0.384. The average molecular weight is 350 g/mol. The molecule has 0 aliphatic rings. The first-order valence-electron chi connectivity index (χ1n) is 6.62. The topological polar surface area (TPSA) is 158 Å². The predicted octanol–water partition coefficient (Wildman–Crippen LogP) is 0.953. The number of sulfonamides is 1. The summed E-state index contributed by atoms with van der Waals surface area (Å²) in [4.78, 5) is 21.6. The minimum absolute atomic E-state index is 0.00893. The van der Waals surface area contributed by atoms with Crippen LogP contribution in [0.25, 0.3) is 0 Å². The number of nitrogens with one attached hydrogen (secondary N) is 1. The summed E-state index contributed by atoms with van der Waals surface area (Å²) in [6.07, 6.45) is 0. The number of nitrogens with two attached hydrogens (primary N) is 2. The molecule has 126 valence electrons. The molecule has 10 heteroatoms. The highest BCUT2D eigenvalue weighted by molar-refractivity contribution is 7.89. The number of carbonyl (C=O) groups excluding carboxylic acids is 1. The molecule has 0 aromatic heterocycles. The van der Waals surface area contributed by atoms with Gasteiger partial charge in [-0.25, -0.2) is 13.6 Å². The fourth-order valence-corrected chi connectivity index (χ4v) is 2.51. The number of carbonyl (C=O) groups is 1. The quantitative estimate of drug-likeness (QED) is 0.519. The molecule has 9 nitrogen and oxygen atoms in total. The van der Waals surface area contributed by atoms with Crippen molar-refractivity contribution >= 4 is 27.3 Å². The van der Waals surface area contributed by atoms with Crippen LogP contribution in [0, 0.1) is 10.1 Å². The van der Waals surface area contributed by atoms with E-state index in [4.69, 9.17) is 10.9 Å². The molecule has 0 spiro atoms. The van der Waals surface area contributed by atoms with Gasteiger partial charge in [-0.05, 0) is 23.8 Å². The number of primary sulfonamides is 1. The van der Waals surface area contributed by atoms with Gasteiger partial charge in [0.05, 0.1) is 15.4 Å². The van der Waals surface area contributed by atoms with Gasteiger partial charge in [0.1, 0.15) is 0 Å². The molecule has 0 unspecified atom stereocenters. The number of primary amides is 1. The van der Waals surface area contributed by atoms with Gasteiger partial charge in [-0.1, -0.05) is 12.1 Å². The summed E-state index contributed by atoms with van der Waals surface area (Å²) in [6, 6.07) is 9.56. The Bertz CT molecular complexity index is 894. The lowest BCUT2D eigenvalue weighted by Gasteiger charge is -2.10. The first kappa shape index (κ1) is 17.4. The molecule has 1 amide bonds. The van der Waals surface area contributed by atoms with Gasteiger partial charge in [-0.3, -0.25) is 14.9 Å². The van der Waals surface area contributed by atoms with Crippen molar-refractivity contribution in [1.82, 2.24) is 0 Å². The van der Waals surface area contributed by atoms with Crippen LogP contribution in [-0.2, 0) is 16.6 Å². The summed E-state index contributed by atoms with van der Waals surface area (Å²) in [7, 11) is -3.76. The molecule has 0 saturated heterocycles. The van der Waals surface area contributed by atoms with E-state index in [1.807, 2.05) is 0 Å². The summed E-state index contributed by atoms with van der Waals surface area (Å²) in [6.45, 7) is 0.253. The lowest BCUT2D eigenvalue weighted by atomic mass is 10.1. The molecule has 0 atom stereocenters. The normalized spacial score (nSPS) is 11.0. The van der Waals surface area contributed by atoms with Gasteiger partial charge in [0.15, 0.2) is 0 Å². The van der Waals surface area contributed by atoms with Crippen LogP contribution in [0.2, 0.25) is 0 Å². The molecule has 2 aromatic rings. The fraction of sp³-hybridized carbons (Fsp3) is 0.0714. The van der Waals surface area contributed by atoms with Gasteiger partial charge >= 0.3 is 0 Å². The summed E-state index contributed by atoms with van der Waals surface area (Å²) < 4.78 is 22.4. The standard InChI is InChI=1S/C14H14N4O5S/c15-14(19)12-7-10(18(20)21)3-6-13(12)17-8-9-1-4-11(5-2-9)24(16,22)23/h1-7,17H,8H2,(H2,15,19)(H2,16,22,23). The van der Waals surface area contributed by atoms with Crippen LogP contribution >= 0.6 is 0 Å². The third kappa shape index (κ3) is 4.06. The van der Waals surface area contributed by atoms with E-state index in [1.165, 1.54) is 24.3 Å². The summed E-state index contributed by atoms with van der Waals surface area (Å²) in [5.74, 6) is -0.800. The van der Waals surface area contributed by atoms with Gasteiger partial charge in [0.25, 0.3) is 11.6 Å². The largest absolute Gasteiger partial charge is 0.380 e. The van der Waals surface area contributed by atoms with Crippen molar-refractivity contribution in [3.05, 3.63) is 63.7 Å². The monoisotopic (exact) mass is 350 g/mol. The molecule has 0 heterocycles. The Labute approximate surface area is 137 Å². The highest BCUT2D eigenvalue weighted by Gasteiger charge is 2.14. The zero-order chi connectivity index (χ0) is 17.9. The fourth-order valence-electron chi connectivity index (χ4n) is 2.00. The van der Waals surface area contributed by atoms with Crippen molar-refractivity contribution in [2.24, 2.45) is 10.9 Å². The van der Waals surface area contributed by atoms with E-state index in [2.05, 4.69) is 5.32 Å². The first-order valence-corrected chi connectivity index (χ1v) is 8.17. The molecule has 2 rings (SSSR count). The van der Waals surface area contributed by atoms with E-state index < -0.39 is 20.9 Å². The molecule has 2 aromatic carbocycles. The smallest absolute Gasteiger partial charge is 0.270 e. The molecule has 0 aliphatic heterocycles. The number of hydrogen-bond donors (Lipinski definition) is 3. The van der Waals surface area contributed by atoms with Crippen LogP contribution in [0.5, 0.6) is 0 Å². The number of nitro groups is 1. The first-order chi connectivity index (χ1) is 11.2. The van der Waals surface area contributed by atoms with E-state index in [1.54, 1.807) is 12.1 Å². The summed E-state index contributed by atoms with van der Waals surface area (Å²) in [5, 5.41) is 18.7. The van der Waals surface area contributed by atoms with Crippen molar-refractivity contribution in [3.8, 4) is 0 Å². The third-order valence-corrected chi connectivity index (χ3v) is 4.14. The minimum Gasteiger partial charge on any atom is -0.380 e. The highest BCUT2D eigenvalue weighted by atomic mass is 32.2. The van der Waals surface area contributed by atoms with Crippen LogP contribution in [0.4, 0.5) is 11.4 Å². The van der Waals surface area contributed by atoms with E-state index in [-0.39, 0.29) is 22.7 Å². The van der Waals surface area contributed by atoms with Crippen molar-refractivity contribution in [3.63, 3.8) is 0 Å². The Morgan fingerprint density at radius 3 is 2.29 bits per heavy atom. The van der Waals surface area contributed by atoms with E-state index in [0.717, 1.165) is 11.6 Å². The van der Waals surface area contributed by atoms with Gasteiger partial charge < -0.3 is 11.1 Å². The number of benzene rings is 2. The molecule has 5 N–H and O–H groups in total. The molecule has 0 saturated carbocycles. The van der Waals surface area contributed by atoms with E-state index in [9.17, 15) is 23.3 Å². The van der Waals surface area contributed by atoms with Gasteiger partial charge in [0, 0.05) is 24.4 Å². The number of rotatable bonds is 6. The number of non-ortho nitro benzene ring substituents is 1. The number of nitrogens with zero attached hydrogens (tertiary/aromatic N) is 1. The van der Waals surface area contributed by atoms with Gasteiger partial charge in [-0.2, -0.15) is 0 Å². The maximum Gasteiger partial charge on any atom is 0.270 e. The van der Waals surface area contributed by atoms with Crippen molar-refractivity contribution in [2.75, 3.05) is 5.32 Å². The van der Waals surface area contributed by atoms with E-state index >= 15 is 0 Å². The second-order valence-electron chi connectivity index (χ2n) is 4.89. The molecular weight excluding hydrogens is 336 g/mol. The van der Waals surface area contributed by atoms with Crippen LogP contribution in [0.1, 0.15) is 15.9 Å². The Balaban J connectivity index is 2.20. The maximum atomic E-state index is 11.4. The second-order valence-corrected chi connectivity index (χ2v) is 6.46. The Kier molecular flexibility index (Phi) is 4.81. The highest BCUT2D eigenvalue weighted by Crippen LogP contribution is 2.22. The van der Waals surface area contributed by atoms with E-state index in [0.29, 0.717) is 5.69 Å². The Hall–Kier alpha value is -2.98. The molecule has 0 fully saturated rings. The number of nitro benzene ring substituents is 1.